The molecule has 0 saturated heterocycles. The number of nitrogens with zero attached hydrogens (tertiary/aromatic N) is 1. The molecule has 0 aliphatic rings. The fraction of sp³-hybridized carbons (Fsp3) is 0.263. The quantitative estimate of drug-likeness (QED) is 0.475. The van der Waals surface area contributed by atoms with Crippen LogP contribution in [0.25, 0.3) is 0 Å². The number of hydrogen-bond donors (Lipinski definition) is 0. The molecule has 0 saturated carbocycles. The van der Waals surface area contributed by atoms with E-state index in [-0.39, 0.29) is 18.7 Å². The first-order chi connectivity index (χ1) is 13.2. The van der Waals surface area contributed by atoms with Crippen molar-refractivity contribution in [1.29, 1.82) is 0 Å². The number of esters is 1. The zero-order valence-corrected chi connectivity index (χ0v) is 16.9. The van der Waals surface area contributed by atoms with Crippen molar-refractivity contribution in [2.24, 2.45) is 0 Å². The molecule has 9 heteroatoms. The summed E-state index contributed by atoms with van der Waals surface area (Å²) < 4.78 is 45.2. The van der Waals surface area contributed by atoms with Crippen molar-refractivity contribution in [3.63, 3.8) is 0 Å². The van der Waals surface area contributed by atoms with Gasteiger partial charge in [-0.25, -0.2) is 17.6 Å². The normalized spacial score (nSPS) is 11.5. The highest BCUT2D eigenvalue weighted by Crippen LogP contribution is 2.21. The Morgan fingerprint density at radius 2 is 1.61 bits per heavy atom. The highest BCUT2D eigenvalue weighted by Gasteiger charge is 2.26. The Labute approximate surface area is 167 Å². The molecule has 2 rings (SSSR count). The molecular formula is C19H19ClFNO5S. The first kappa shape index (κ1) is 22.0. The van der Waals surface area contributed by atoms with E-state index in [1.165, 1.54) is 24.3 Å². The van der Waals surface area contributed by atoms with Crippen molar-refractivity contribution in [2.45, 2.75) is 18.7 Å². The van der Waals surface area contributed by atoms with Crippen LogP contribution in [0.15, 0.2) is 47.4 Å². The minimum Gasteiger partial charge on any atom is -0.454 e. The molecule has 0 fully saturated rings. The second-order valence-electron chi connectivity index (χ2n) is 5.74. The van der Waals surface area contributed by atoms with E-state index >= 15 is 0 Å². The molecular weight excluding hydrogens is 409 g/mol. The summed E-state index contributed by atoms with van der Waals surface area (Å²) in [6.45, 7) is 3.01. The summed E-state index contributed by atoms with van der Waals surface area (Å²) in [6, 6.07) is 8.94. The molecule has 2 aromatic carbocycles. The maximum Gasteiger partial charge on any atom is 0.338 e. The number of carbonyl (C=O) groups excluding carboxylic acids is 2. The molecule has 0 aliphatic carbocycles. The Balaban J connectivity index is 2.18. The number of Topliss-reactive ketones (excluding diaryl/α,β-unsaturated/α-hetero) is 1. The highest BCUT2D eigenvalue weighted by atomic mass is 35.5. The third-order valence-corrected chi connectivity index (χ3v) is 6.31. The molecule has 0 unspecified atom stereocenters. The van der Waals surface area contributed by atoms with Gasteiger partial charge in [-0.1, -0.05) is 25.4 Å². The number of halogens is 2. The summed E-state index contributed by atoms with van der Waals surface area (Å²) >= 11 is 5.75. The van der Waals surface area contributed by atoms with Gasteiger partial charge in [-0.15, -0.1) is 0 Å². The van der Waals surface area contributed by atoms with Gasteiger partial charge in [0.05, 0.1) is 5.56 Å². The first-order valence-electron chi connectivity index (χ1n) is 8.46. The van der Waals surface area contributed by atoms with Crippen LogP contribution in [0.4, 0.5) is 4.39 Å². The molecule has 0 N–H and O–H groups in total. The summed E-state index contributed by atoms with van der Waals surface area (Å²) in [6.07, 6.45) is 0. The van der Waals surface area contributed by atoms with Crippen LogP contribution in [0.1, 0.15) is 34.6 Å². The van der Waals surface area contributed by atoms with Crippen LogP contribution in [0.2, 0.25) is 5.02 Å². The topological polar surface area (TPSA) is 80.8 Å². The summed E-state index contributed by atoms with van der Waals surface area (Å²) in [7, 11) is -4.10. The Hall–Kier alpha value is -2.29. The van der Waals surface area contributed by atoms with Crippen molar-refractivity contribution in [2.75, 3.05) is 19.7 Å². The predicted octanol–water partition coefficient (Wildman–Crippen LogP) is 3.55. The largest absolute Gasteiger partial charge is 0.454 e. The molecule has 0 radical (unpaired) electrons. The predicted molar refractivity (Wildman–Crippen MR) is 103 cm³/mol. The maximum absolute atomic E-state index is 14.1. The van der Waals surface area contributed by atoms with Crippen LogP contribution in [-0.4, -0.2) is 44.2 Å². The van der Waals surface area contributed by atoms with Gasteiger partial charge in [0.15, 0.2) is 12.4 Å². The summed E-state index contributed by atoms with van der Waals surface area (Å²) in [5, 5.41) is 0.460. The third kappa shape index (κ3) is 4.95. The Bertz CT molecular complexity index is 972. The first-order valence-corrected chi connectivity index (χ1v) is 10.3. The van der Waals surface area contributed by atoms with Crippen molar-refractivity contribution in [3.05, 3.63) is 64.4 Å². The molecule has 150 valence electrons. The van der Waals surface area contributed by atoms with Gasteiger partial charge in [-0.2, -0.15) is 4.31 Å². The van der Waals surface area contributed by atoms with Gasteiger partial charge in [0.1, 0.15) is 10.7 Å². The van der Waals surface area contributed by atoms with Gasteiger partial charge in [-0.05, 0) is 42.5 Å². The number of sulfonamides is 1. The van der Waals surface area contributed by atoms with Crippen LogP contribution < -0.4 is 0 Å². The van der Waals surface area contributed by atoms with Crippen molar-refractivity contribution < 1.29 is 27.1 Å². The average Bonchev–Trinajstić information content (AvgIpc) is 2.67. The van der Waals surface area contributed by atoms with Gasteiger partial charge < -0.3 is 4.74 Å². The minimum atomic E-state index is -4.10. The van der Waals surface area contributed by atoms with Crippen LogP contribution in [0.3, 0.4) is 0 Å². The molecule has 0 amide bonds. The smallest absolute Gasteiger partial charge is 0.338 e. The van der Waals surface area contributed by atoms with E-state index in [4.69, 9.17) is 16.3 Å². The Morgan fingerprint density at radius 3 is 2.18 bits per heavy atom. The third-order valence-electron chi connectivity index (χ3n) is 3.99. The number of rotatable bonds is 8. The monoisotopic (exact) mass is 427 g/mol. The lowest BCUT2D eigenvalue weighted by Gasteiger charge is -2.19. The standard InChI is InChI=1S/C19H19ClFNO5S/c1-3-22(4-2)28(25,26)18-11-14(7-10-16(18)21)19(24)27-12-17(23)13-5-8-15(20)9-6-13/h5-11H,3-4,12H2,1-2H3. The minimum absolute atomic E-state index is 0.155. The number of carbonyl (C=O) groups is 2. The number of benzene rings is 2. The van der Waals surface area contributed by atoms with Gasteiger partial charge >= 0.3 is 5.97 Å². The summed E-state index contributed by atoms with van der Waals surface area (Å²) in [4.78, 5) is 23.6. The van der Waals surface area contributed by atoms with E-state index in [1.807, 2.05) is 0 Å². The molecule has 28 heavy (non-hydrogen) atoms. The van der Waals surface area contributed by atoms with Crippen LogP contribution in [0.5, 0.6) is 0 Å². The molecule has 0 aromatic heterocycles. The van der Waals surface area contributed by atoms with E-state index in [1.54, 1.807) is 13.8 Å². The number of ketones is 1. The fourth-order valence-electron chi connectivity index (χ4n) is 2.46. The van der Waals surface area contributed by atoms with E-state index in [2.05, 4.69) is 0 Å². The molecule has 0 heterocycles. The van der Waals surface area contributed by atoms with E-state index < -0.39 is 39.1 Å². The van der Waals surface area contributed by atoms with Crippen LogP contribution >= 0.6 is 11.6 Å². The van der Waals surface area contributed by atoms with Gasteiger partial charge in [0, 0.05) is 23.7 Å². The molecule has 2 aromatic rings. The highest BCUT2D eigenvalue weighted by molar-refractivity contribution is 7.89. The fourth-order valence-corrected chi connectivity index (χ4v) is 4.14. The molecule has 0 bridgehead atoms. The second kappa shape index (κ2) is 9.27. The lowest BCUT2D eigenvalue weighted by molar-refractivity contribution is 0.0474. The summed E-state index contributed by atoms with van der Waals surface area (Å²) in [5.74, 6) is -2.36. The molecule has 0 spiro atoms. The lowest BCUT2D eigenvalue weighted by Crippen LogP contribution is -2.31. The van der Waals surface area contributed by atoms with E-state index in [9.17, 15) is 22.4 Å². The molecule has 0 aliphatic heterocycles. The second-order valence-corrected chi connectivity index (χ2v) is 8.08. The summed E-state index contributed by atoms with van der Waals surface area (Å²) in [5.41, 5.74) is 0.136. The van der Waals surface area contributed by atoms with E-state index in [0.717, 1.165) is 22.5 Å². The van der Waals surface area contributed by atoms with Crippen molar-refractivity contribution in [1.82, 2.24) is 4.31 Å². The zero-order chi connectivity index (χ0) is 20.9. The Kier molecular flexibility index (Phi) is 7.29. The van der Waals surface area contributed by atoms with Gasteiger partial charge in [0.2, 0.25) is 10.0 Å². The van der Waals surface area contributed by atoms with E-state index in [0.29, 0.717) is 10.6 Å². The van der Waals surface area contributed by atoms with Crippen LogP contribution in [0, 0.1) is 5.82 Å². The van der Waals surface area contributed by atoms with Crippen molar-refractivity contribution >= 4 is 33.4 Å². The molecule has 0 atom stereocenters. The van der Waals surface area contributed by atoms with Gasteiger partial charge in [0.25, 0.3) is 0 Å². The van der Waals surface area contributed by atoms with Crippen LogP contribution in [-0.2, 0) is 14.8 Å². The SMILES string of the molecule is CCN(CC)S(=O)(=O)c1cc(C(=O)OCC(=O)c2ccc(Cl)cc2)ccc1F. The lowest BCUT2D eigenvalue weighted by atomic mass is 10.1. The van der Waals surface area contributed by atoms with Crippen molar-refractivity contribution in [3.8, 4) is 0 Å². The zero-order valence-electron chi connectivity index (χ0n) is 15.3. The number of ether oxygens (including phenoxy) is 1. The Morgan fingerprint density at radius 1 is 1.04 bits per heavy atom. The van der Waals surface area contributed by atoms with Gasteiger partial charge in [-0.3, -0.25) is 4.79 Å². The maximum atomic E-state index is 14.1. The average molecular weight is 428 g/mol. The molecule has 6 nitrogen and oxygen atoms in total. The number of hydrogen-bond acceptors (Lipinski definition) is 5.